The molecule has 0 fully saturated rings. The van der Waals surface area contributed by atoms with Crippen molar-refractivity contribution in [3.05, 3.63) is 83.9 Å². The van der Waals surface area contributed by atoms with Gasteiger partial charge in [0.15, 0.2) is 18.1 Å². The van der Waals surface area contributed by atoms with Crippen LogP contribution in [0.25, 0.3) is 0 Å². The number of carbonyl (C=O) groups excluding carboxylic acids is 1. The molecule has 3 rings (SSSR count). The zero-order chi connectivity index (χ0) is 25.3. The zero-order valence-electron chi connectivity index (χ0n) is 20.0. The average molecular weight is 499 g/mol. The highest BCUT2D eigenvalue weighted by Crippen LogP contribution is 2.27. The van der Waals surface area contributed by atoms with Crippen LogP contribution in [-0.2, 0) is 21.2 Å². The van der Waals surface area contributed by atoms with Crippen molar-refractivity contribution in [1.82, 2.24) is 10.0 Å². The van der Waals surface area contributed by atoms with E-state index >= 15 is 0 Å². The first kappa shape index (κ1) is 26.1. The molecular formula is C26H30N2O6S. The van der Waals surface area contributed by atoms with Crippen LogP contribution in [0.5, 0.6) is 17.2 Å². The highest BCUT2D eigenvalue weighted by Gasteiger charge is 2.18. The van der Waals surface area contributed by atoms with Crippen molar-refractivity contribution >= 4 is 15.9 Å². The summed E-state index contributed by atoms with van der Waals surface area (Å²) in [7, 11) is -0.554. The van der Waals surface area contributed by atoms with Gasteiger partial charge < -0.3 is 19.5 Å². The van der Waals surface area contributed by atoms with Gasteiger partial charge in [-0.2, -0.15) is 0 Å². The predicted octanol–water partition coefficient (Wildman–Crippen LogP) is 3.48. The van der Waals surface area contributed by atoms with E-state index in [0.29, 0.717) is 30.2 Å². The molecule has 0 radical (unpaired) electrons. The third-order valence-electron chi connectivity index (χ3n) is 5.32. The molecule has 0 unspecified atom stereocenters. The Hall–Kier alpha value is -3.56. The summed E-state index contributed by atoms with van der Waals surface area (Å²) in [5.74, 6) is 1.40. The van der Waals surface area contributed by atoms with Crippen molar-refractivity contribution in [1.29, 1.82) is 0 Å². The number of amides is 1. The fraction of sp³-hybridized carbons (Fsp3) is 0.269. The van der Waals surface area contributed by atoms with Crippen LogP contribution in [0.2, 0.25) is 0 Å². The number of benzene rings is 3. The molecule has 0 aliphatic carbocycles. The summed E-state index contributed by atoms with van der Waals surface area (Å²) < 4.78 is 44.0. The normalized spacial score (nSPS) is 12.0. The molecule has 0 heterocycles. The smallest absolute Gasteiger partial charge is 0.257 e. The molecule has 9 heteroatoms. The van der Waals surface area contributed by atoms with Gasteiger partial charge in [0.05, 0.1) is 19.1 Å². The average Bonchev–Trinajstić information content (AvgIpc) is 2.87. The Bertz CT molecular complexity index is 1210. The molecule has 3 aromatic rings. The van der Waals surface area contributed by atoms with E-state index < -0.39 is 10.0 Å². The van der Waals surface area contributed by atoms with Gasteiger partial charge in [0.2, 0.25) is 10.0 Å². The Morgan fingerprint density at radius 3 is 2.26 bits per heavy atom. The molecule has 0 saturated carbocycles. The highest BCUT2D eigenvalue weighted by molar-refractivity contribution is 7.89. The summed E-state index contributed by atoms with van der Waals surface area (Å²) in [6, 6.07) is 20.5. The Morgan fingerprint density at radius 1 is 0.914 bits per heavy atom. The third-order valence-corrected chi connectivity index (χ3v) is 6.88. The quantitative estimate of drug-likeness (QED) is 0.396. The van der Waals surface area contributed by atoms with Crippen LogP contribution in [0, 0.1) is 0 Å². The van der Waals surface area contributed by atoms with E-state index in [1.165, 1.54) is 24.3 Å². The second-order valence-corrected chi connectivity index (χ2v) is 9.52. The molecular weight excluding hydrogens is 468 g/mol. The fourth-order valence-electron chi connectivity index (χ4n) is 3.41. The molecule has 1 amide bonds. The SMILES string of the molecule is COc1ccc(CCNC(=O)COc2ccc(S(=O)(=O)N[C@H](C)c3ccccc3)cc2)cc1OC. The van der Waals surface area contributed by atoms with E-state index in [0.717, 1.165) is 11.1 Å². The summed E-state index contributed by atoms with van der Waals surface area (Å²) in [6.07, 6.45) is 0.618. The van der Waals surface area contributed by atoms with Crippen LogP contribution in [0.15, 0.2) is 77.7 Å². The minimum Gasteiger partial charge on any atom is -0.493 e. The maximum atomic E-state index is 12.7. The van der Waals surface area contributed by atoms with E-state index in [2.05, 4.69) is 10.0 Å². The highest BCUT2D eigenvalue weighted by atomic mass is 32.2. The molecule has 3 aromatic carbocycles. The van der Waals surface area contributed by atoms with Crippen molar-refractivity contribution < 1.29 is 27.4 Å². The van der Waals surface area contributed by atoms with Gasteiger partial charge in [0.25, 0.3) is 5.91 Å². The summed E-state index contributed by atoms with van der Waals surface area (Å²) in [5, 5.41) is 2.80. The Balaban J connectivity index is 1.46. The molecule has 2 N–H and O–H groups in total. The maximum Gasteiger partial charge on any atom is 0.257 e. The van der Waals surface area contributed by atoms with Crippen LogP contribution in [0.1, 0.15) is 24.1 Å². The van der Waals surface area contributed by atoms with Gasteiger partial charge in [0.1, 0.15) is 5.75 Å². The van der Waals surface area contributed by atoms with E-state index in [1.807, 2.05) is 48.5 Å². The molecule has 35 heavy (non-hydrogen) atoms. The fourth-order valence-corrected chi connectivity index (χ4v) is 4.64. The summed E-state index contributed by atoms with van der Waals surface area (Å²) in [4.78, 5) is 12.2. The second-order valence-electron chi connectivity index (χ2n) is 7.80. The lowest BCUT2D eigenvalue weighted by Gasteiger charge is -2.15. The van der Waals surface area contributed by atoms with Gasteiger partial charge in [0, 0.05) is 12.6 Å². The van der Waals surface area contributed by atoms with E-state index in [1.54, 1.807) is 21.1 Å². The largest absolute Gasteiger partial charge is 0.493 e. The number of sulfonamides is 1. The molecule has 0 bridgehead atoms. The van der Waals surface area contributed by atoms with Crippen molar-refractivity contribution in [2.75, 3.05) is 27.4 Å². The van der Waals surface area contributed by atoms with Gasteiger partial charge in [-0.15, -0.1) is 0 Å². The predicted molar refractivity (Wildman–Crippen MR) is 133 cm³/mol. The van der Waals surface area contributed by atoms with Crippen LogP contribution in [0.4, 0.5) is 0 Å². The minimum atomic E-state index is -3.71. The van der Waals surface area contributed by atoms with Gasteiger partial charge in [-0.05, 0) is 60.9 Å². The van der Waals surface area contributed by atoms with E-state index in [-0.39, 0.29) is 23.5 Å². The van der Waals surface area contributed by atoms with E-state index in [4.69, 9.17) is 14.2 Å². The number of rotatable bonds is 12. The first-order valence-corrected chi connectivity index (χ1v) is 12.6. The topological polar surface area (TPSA) is 103 Å². The van der Waals surface area contributed by atoms with Crippen molar-refractivity contribution in [2.24, 2.45) is 0 Å². The lowest BCUT2D eigenvalue weighted by atomic mass is 10.1. The zero-order valence-corrected chi connectivity index (χ0v) is 20.8. The first-order valence-electron chi connectivity index (χ1n) is 11.1. The van der Waals surface area contributed by atoms with Crippen LogP contribution < -0.4 is 24.2 Å². The number of nitrogens with one attached hydrogen (secondary N) is 2. The Kier molecular flexibility index (Phi) is 9.11. The molecule has 0 aliphatic rings. The Morgan fingerprint density at radius 2 is 1.60 bits per heavy atom. The number of hydrogen-bond donors (Lipinski definition) is 2. The maximum absolute atomic E-state index is 12.7. The summed E-state index contributed by atoms with van der Waals surface area (Å²) in [6.45, 7) is 2.04. The van der Waals surface area contributed by atoms with Crippen molar-refractivity contribution in [2.45, 2.75) is 24.3 Å². The summed E-state index contributed by atoms with van der Waals surface area (Å²) in [5.41, 5.74) is 1.86. The van der Waals surface area contributed by atoms with Gasteiger partial charge in [-0.1, -0.05) is 36.4 Å². The molecule has 1 atom stereocenters. The van der Waals surface area contributed by atoms with Crippen molar-refractivity contribution in [3.8, 4) is 17.2 Å². The van der Waals surface area contributed by atoms with Gasteiger partial charge in [-0.3, -0.25) is 4.79 Å². The van der Waals surface area contributed by atoms with Gasteiger partial charge >= 0.3 is 0 Å². The lowest BCUT2D eigenvalue weighted by molar-refractivity contribution is -0.123. The van der Waals surface area contributed by atoms with Crippen LogP contribution >= 0.6 is 0 Å². The van der Waals surface area contributed by atoms with Crippen LogP contribution in [-0.4, -0.2) is 41.7 Å². The number of hydrogen-bond acceptors (Lipinski definition) is 6. The van der Waals surface area contributed by atoms with E-state index in [9.17, 15) is 13.2 Å². The molecule has 0 saturated heterocycles. The molecule has 0 aliphatic heterocycles. The number of methoxy groups -OCH3 is 2. The summed E-state index contributed by atoms with van der Waals surface area (Å²) >= 11 is 0. The molecule has 8 nitrogen and oxygen atoms in total. The molecule has 0 aromatic heterocycles. The van der Waals surface area contributed by atoms with Crippen LogP contribution in [0.3, 0.4) is 0 Å². The lowest BCUT2D eigenvalue weighted by Crippen LogP contribution is -2.30. The Labute approximate surface area is 206 Å². The molecule has 0 spiro atoms. The molecule has 186 valence electrons. The van der Waals surface area contributed by atoms with Gasteiger partial charge in [-0.25, -0.2) is 13.1 Å². The number of ether oxygens (including phenoxy) is 3. The minimum absolute atomic E-state index is 0.118. The van der Waals surface area contributed by atoms with Crippen molar-refractivity contribution in [3.63, 3.8) is 0 Å². The third kappa shape index (κ3) is 7.46. The second kappa shape index (κ2) is 12.2. The number of carbonyl (C=O) groups is 1. The standard InChI is InChI=1S/C26H30N2O6S/c1-19(21-7-5-4-6-8-21)28-35(30,31)23-12-10-22(11-13-23)34-18-26(29)27-16-15-20-9-14-24(32-2)25(17-20)33-3/h4-14,17,19,28H,15-16,18H2,1-3H3,(H,27,29)/t19-/m1/s1. The first-order chi connectivity index (χ1) is 16.8. The monoisotopic (exact) mass is 498 g/mol.